The van der Waals surface area contributed by atoms with E-state index in [1.807, 2.05) is 0 Å². The number of anilines is 1. The first kappa shape index (κ1) is 14.2. The molecule has 1 saturated heterocycles. The number of likely N-dealkylation sites (N-methyl/N-ethyl adjacent to an activating group) is 1. The summed E-state index contributed by atoms with van der Waals surface area (Å²) in [5, 5.41) is 0. The van der Waals surface area contributed by atoms with Crippen LogP contribution in [-0.4, -0.2) is 42.6 Å². The Bertz CT molecular complexity index is 478. The zero-order valence-corrected chi connectivity index (χ0v) is 12.2. The predicted octanol–water partition coefficient (Wildman–Crippen LogP) is 1.99. The van der Waals surface area contributed by atoms with Gasteiger partial charge in [-0.05, 0) is 45.1 Å². The Hall–Kier alpha value is -1.20. The standard InChI is InChI=1S/C14H20FN3S/c1-10-9-17(2)6-3-7-18(10)13-5-4-11(14(16)19)8-12(13)15/h4-5,8,10H,3,6-7,9H2,1-2H3,(H2,16,19). The first-order valence-corrected chi connectivity index (χ1v) is 6.94. The molecular formula is C14H20FN3S. The van der Waals surface area contributed by atoms with Crippen LogP contribution in [0.1, 0.15) is 18.9 Å². The molecule has 0 spiro atoms. The van der Waals surface area contributed by atoms with Gasteiger partial charge in [0.2, 0.25) is 0 Å². The van der Waals surface area contributed by atoms with Gasteiger partial charge in [-0.15, -0.1) is 0 Å². The Kier molecular flexibility index (Phi) is 4.37. The van der Waals surface area contributed by atoms with Crippen LogP contribution in [0.3, 0.4) is 0 Å². The molecule has 1 atom stereocenters. The smallest absolute Gasteiger partial charge is 0.147 e. The van der Waals surface area contributed by atoms with Crippen LogP contribution in [0.25, 0.3) is 0 Å². The summed E-state index contributed by atoms with van der Waals surface area (Å²) in [7, 11) is 2.10. The summed E-state index contributed by atoms with van der Waals surface area (Å²) < 4.78 is 14.2. The molecular weight excluding hydrogens is 261 g/mol. The van der Waals surface area contributed by atoms with Gasteiger partial charge in [0.05, 0.1) is 5.69 Å². The summed E-state index contributed by atoms with van der Waals surface area (Å²) in [5.41, 5.74) is 6.75. The number of hydrogen-bond donors (Lipinski definition) is 1. The van der Waals surface area contributed by atoms with Crippen LogP contribution in [0.5, 0.6) is 0 Å². The van der Waals surface area contributed by atoms with Gasteiger partial charge in [0.15, 0.2) is 0 Å². The number of thiocarbonyl (C=S) groups is 1. The summed E-state index contributed by atoms with van der Waals surface area (Å²) in [5.74, 6) is -0.248. The number of halogens is 1. The van der Waals surface area contributed by atoms with Gasteiger partial charge < -0.3 is 15.5 Å². The van der Waals surface area contributed by atoms with Crippen molar-refractivity contribution in [3.8, 4) is 0 Å². The van der Waals surface area contributed by atoms with Gasteiger partial charge >= 0.3 is 0 Å². The second-order valence-corrected chi connectivity index (χ2v) is 5.63. The van der Waals surface area contributed by atoms with Crippen molar-refractivity contribution < 1.29 is 4.39 Å². The molecule has 2 rings (SSSR count). The van der Waals surface area contributed by atoms with Gasteiger partial charge in [0.25, 0.3) is 0 Å². The zero-order valence-electron chi connectivity index (χ0n) is 11.4. The topological polar surface area (TPSA) is 32.5 Å². The average Bonchev–Trinajstić information content (AvgIpc) is 2.50. The van der Waals surface area contributed by atoms with E-state index in [4.69, 9.17) is 18.0 Å². The quantitative estimate of drug-likeness (QED) is 0.840. The highest BCUT2D eigenvalue weighted by atomic mass is 32.1. The molecule has 0 bridgehead atoms. The third-order valence-electron chi connectivity index (χ3n) is 3.59. The van der Waals surface area contributed by atoms with Crippen molar-refractivity contribution in [2.45, 2.75) is 19.4 Å². The molecule has 3 nitrogen and oxygen atoms in total. The minimum absolute atomic E-state index is 0.231. The van der Waals surface area contributed by atoms with E-state index in [2.05, 4.69) is 23.8 Å². The molecule has 0 radical (unpaired) electrons. The Morgan fingerprint density at radius 1 is 1.42 bits per heavy atom. The van der Waals surface area contributed by atoms with Crippen LogP contribution in [0.15, 0.2) is 18.2 Å². The lowest BCUT2D eigenvalue weighted by molar-refractivity contribution is 0.337. The number of nitrogens with zero attached hydrogens (tertiary/aromatic N) is 2. The van der Waals surface area contributed by atoms with E-state index in [0.717, 1.165) is 26.1 Å². The maximum absolute atomic E-state index is 14.2. The molecule has 0 saturated carbocycles. The second kappa shape index (κ2) is 5.84. The van der Waals surface area contributed by atoms with Crippen molar-refractivity contribution >= 4 is 22.9 Å². The molecule has 1 aliphatic heterocycles. The molecule has 1 unspecified atom stereocenters. The van der Waals surface area contributed by atoms with Crippen LogP contribution in [0.4, 0.5) is 10.1 Å². The minimum atomic E-state index is -0.248. The molecule has 1 aliphatic rings. The molecule has 1 heterocycles. The third-order valence-corrected chi connectivity index (χ3v) is 3.82. The van der Waals surface area contributed by atoms with Gasteiger partial charge in [-0.1, -0.05) is 12.2 Å². The normalized spacial score (nSPS) is 21.2. The van der Waals surface area contributed by atoms with Crippen LogP contribution in [0.2, 0.25) is 0 Å². The van der Waals surface area contributed by atoms with Gasteiger partial charge in [-0.3, -0.25) is 0 Å². The van der Waals surface area contributed by atoms with Crippen molar-refractivity contribution in [3.63, 3.8) is 0 Å². The van der Waals surface area contributed by atoms with E-state index in [1.54, 1.807) is 12.1 Å². The Labute approximate surface area is 119 Å². The molecule has 1 aromatic rings. The monoisotopic (exact) mass is 281 g/mol. The molecule has 5 heteroatoms. The van der Waals surface area contributed by atoms with Crippen molar-refractivity contribution in [2.24, 2.45) is 5.73 Å². The third kappa shape index (κ3) is 3.22. The summed E-state index contributed by atoms with van der Waals surface area (Å²) in [6, 6.07) is 5.30. The fourth-order valence-corrected chi connectivity index (χ4v) is 2.75. The average molecular weight is 281 g/mol. The highest BCUT2D eigenvalue weighted by molar-refractivity contribution is 7.80. The largest absolute Gasteiger partial charge is 0.389 e. The van der Waals surface area contributed by atoms with E-state index in [-0.39, 0.29) is 16.8 Å². The highest BCUT2D eigenvalue weighted by Crippen LogP contribution is 2.24. The van der Waals surface area contributed by atoms with Crippen LogP contribution in [0, 0.1) is 5.82 Å². The fourth-order valence-electron chi connectivity index (χ4n) is 2.62. The van der Waals surface area contributed by atoms with Crippen molar-refractivity contribution in [3.05, 3.63) is 29.6 Å². The summed E-state index contributed by atoms with van der Waals surface area (Å²) >= 11 is 4.87. The number of nitrogens with two attached hydrogens (primary N) is 1. The number of hydrogen-bond acceptors (Lipinski definition) is 3. The van der Waals surface area contributed by atoms with Gasteiger partial charge in [0, 0.05) is 24.7 Å². The Morgan fingerprint density at radius 3 is 2.79 bits per heavy atom. The first-order chi connectivity index (χ1) is 8.99. The molecule has 0 aliphatic carbocycles. The molecule has 104 valence electrons. The van der Waals surface area contributed by atoms with Crippen LogP contribution < -0.4 is 10.6 Å². The van der Waals surface area contributed by atoms with E-state index in [9.17, 15) is 4.39 Å². The lowest BCUT2D eigenvalue weighted by Crippen LogP contribution is -2.38. The Morgan fingerprint density at radius 2 is 2.16 bits per heavy atom. The molecule has 19 heavy (non-hydrogen) atoms. The summed E-state index contributed by atoms with van der Waals surface area (Å²) in [6.45, 7) is 4.99. The summed E-state index contributed by atoms with van der Waals surface area (Å²) in [4.78, 5) is 4.64. The van der Waals surface area contributed by atoms with E-state index in [1.165, 1.54) is 6.07 Å². The lowest BCUT2D eigenvalue weighted by atomic mass is 10.1. The van der Waals surface area contributed by atoms with Crippen molar-refractivity contribution in [1.82, 2.24) is 4.90 Å². The molecule has 1 aromatic carbocycles. The van der Waals surface area contributed by atoms with E-state index >= 15 is 0 Å². The van der Waals surface area contributed by atoms with Crippen LogP contribution >= 0.6 is 12.2 Å². The van der Waals surface area contributed by atoms with Gasteiger partial charge in [0.1, 0.15) is 10.8 Å². The number of benzene rings is 1. The van der Waals surface area contributed by atoms with Crippen molar-refractivity contribution in [1.29, 1.82) is 0 Å². The van der Waals surface area contributed by atoms with E-state index < -0.39 is 0 Å². The van der Waals surface area contributed by atoms with Gasteiger partial charge in [-0.2, -0.15) is 0 Å². The highest BCUT2D eigenvalue weighted by Gasteiger charge is 2.22. The molecule has 2 N–H and O–H groups in total. The Balaban J connectivity index is 2.27. The second-order valence-electron chi connectivity index (χ2n) is 5.19. The van der Waals surface area contributed by atoms with E-state index in [0.29, 0.717) is 11.3 Å². The fraction of sp³-hybridized carbons (Fsp3) is 0.500. The van der Waals surface area contributed by atoms with Crippen molar-refractivity contribution in [2.75, 3.05) is 31.6 Å². The number of rotatable bonds is 2. The maximum Gasteiger partial charge on any atom is 0.147 e. The molecule has 0 amide bonds. The van der Waals surface area contributed by atoms with Crippen LogP contribution in [-0.2, 0) is 0 Å². The SMILES string of the molecule is CC1CN(C)CCCN1c1ccc(C(N)=S)cc1F. The summed E-state index contributed by atoms with van der Waals surface area (Å²) in [6.07, 6.45) is 1.04. The lowest BCUT2D eigenvalue weighted by Gasteiger charge is -2.30. The maximum atomic E-state index is 14.2. The van der Waals surface area contributed by atoms with Gasteiger partial charge in [-0.25, -0.2) is 4.39 Å². The zero-order chi connectivity index (χ0) is 14.0. The minimum Gasteiger partial charge on any atom is -0.389 e. The predicted molar refractivity (Wildman–Crippen MR) is 81.2 cm³/mol. The molecule has 1 fully saturated rings. The first-order valence-electron chi connectivity index (χ1n) is 6.53. The molecule has 0 aromatic heterocycles.